The fourth-order valence-electron chi connectivity index (χ4n) is 4.26. The van der Waals surface area contributed by atoms with Crippen molar-refractivity contribution in [3.63, 3.8) is 0 Å². The van der Waals surface area contributed by atoms with Crippen molar-refractivity contribution in [1.82, 2.24) is 4.90 Å². The van der Waals surface area contributed by atoms with Crippen LogP contribution in [0.3, 0.4) is 0 Å². The van der Waals surface area contributed by atoms with Crippen molar-refractivity contribution in [3.05, 3.63) is 64.4 Å². The van der Waals surface area contributed by atoms with E-state index in [0.29, 0.717) is 34.5 Å². The van der Waals surface area contributed by atoms with Gasteiger partial charge in [0.2, 0.25) is 0 Å². The van der Waals surface area contributed by atoms with Crippen LogP contribution in [0.4, 0.5) is 0 Å². The number of fused-ring (bicyclic) bond motifs is 1. The minimum Gasteiger partial charge on any atom is -0.492 e. The molecule has 194 valence electrons. The number of hydrogen-bond donors (Lipinski definition) is 0. The van der Waals surface area contributed by atoms with Gasteiger partial charge in [0.05, 0.1) is 5.56 Å². The molecule has 0 aliphatic heterocycles. The summed E-state index contributed by atoms with van der Waals surface area (Å²) in [4.78, 5) is 28.7. The van der Waals surface area contributed by atoms with Gasteiger partial charge in [-0.05, 0) is 69.1 Å². The van der Waals surface area contributed by atoms with Crippen LogP contribution < -0.4 is 4.74 Å². The number of nitrogens with zero attached hydrogens (tertiary/aromatic N) is 1. The van der Waals surface area contributed by atoms with E-state index in [4.69, 9.17) is 13.9 Å². The van der Waals surface area contributed by atoms with Gasteiger partial charge in [-0.25, -0.2) is 0 Å². The molecule has 0 bridgehead atoms. The van der Waals surface area contributed by atoms with Crippen LogP contribution in [0.15, 0.2) is 40.8 Å². The van der Waals surface area contributed by atoms with E-state index in [2.05, 4.69) is 18.7 Å². The molecule has 0 saturated carbocycles. The number of benzene rings is 2. The Morgan fingerprint density at radius 3 is 2.25 bits per heavy atom. The minimum absolute atomic E-state index is 0.0999. The lowest BCUT2D eigenvalue weighted by atomic mass is 9.96. The van der Waals surface area contributed by atoms with E-state index < -0.39 is 5.97 Å². The molecule has 0 unspecified atom stereocenters. The molecule has 1 aromatic heterocycles. The molecular formula is C30H39NO5. The summed E-state index contributed by atoms with van der Waals surface area (Å²) in [5, 5.41) is 0.692. The Bertz CT molecular complexity index is 1180. The van der Waals surface area contributed by atoms with Crippen molar-refractivity contribution >= 4 is 22.7 Å². The SMILES string of the molecule is CCN(CC)CCOc1c(C)cc(C(=O)c2c(CC(=O)O[C@H](C)C(C)C)oc3ccccc23)cc1C. The lowest BCUT2D eigenvalue weighted by Gasteiger charge is -2.19. The molecule has 36 heavy (non-hydrogen) atoms. The van der Waals surface area contributed by atoms with Gasteiger partial charge in [-0.15, -0.1) is 0 Å². The molecule has 6 heteroatoms. The van der Waals surface area contributed by atoms with Gasteiger partial charge >= 0.3 is 5.97 Å². The normalized spacial score (nSPS) is 12.4. The number of esters is 1. The third-order valence-electron chi connectivity index (χ3n) is 6.73. The van der Waals surface area contributed by atoms with Gasteiger partial charge in [0.25, 0.3) is 0 Å². The highest BCUT2D eigenvalue weighted by Gasteiger charge is 2.26. The fraction of sp³-hybridized carbons (Fsp3) is 0.467. The van der Waals surface area contributed by atoms with E-state index in [9.17, 15) is 9.59 Å². The number of rotatable bonds is 12. The highest BCUT2D eigenvalue weighted by atomic mass is 16.5. The van der Waals surface area contributed by atoms with E-state index in [0.717, 1.165) is 36.5 Å². The van der Waals surface area contributed by atoms with Gasteiger partial charge in [0.1, 0.15) is 36.2 Å². The van der Waals surface area contributed by atoms with Crippen molar-refractivity contribution in [2.75, 3.05) is 26.2 Å². The number of ketones is 1. The molecule has 1 heterocycles. The minimum atomic E-state index is -0.409. The molecule has 2 aromatic carbocycles. The smallest absolute Gasteiger partial charge is 0.313 e. The van der Waals surface area contributed by atoms with Crippen LogP contribution in [0.2, 0.25) is 0 Å². The predicted octanol–water partition coefficient (Wildman–Crippen LogP) is 6.13. The topological polar surface area (TPSA) is 69.0 Å². The number of hydrogen-bond acceptors (Lipinski definition) is 6. The summed E-state index contributed by atoms with van der Waals surface area (Å²) < 4.78 is 17.6. The number of furan rings is 1. The second kappa shape index (κ2) is 12.2. The van der Waals surface area contributed by atoms with Gasteiger partial charge in [0.15, 0.2) is 5.78 Å². The molecule has 0 aliphatic carbocycles. The third-order valence-corrected chi connectivity index (χ3v) is 6.73. The Labute approximate surface area is 214 Å². The van der Waals surface area contributed by atoms with Crippen molar-refractivity contribution in [1.29, 1.82) is 0 Å². The first kappa shape index (κ1) is 27.5. The number of likely N-dealkylation sites (N-methyl/N-ethyl adjacent to an activating group) is 1. The van der Waals surface area contributed by atoms with Crippen molar-refractivity contribution < 1.29 is 23.5 Å². The number of ether oxygens (including phenoxy) is 2. The zero-order chi connectivity index (χ0) is 26.4. The van der Waals surface area contributed by atoms with E-state index in [1.165, 1.54) is 0 Å². The van der Waals surface area contributed by atoms with Crippen molar-refractivity contribution in [2.24, 2.45) is 5.92 Å². The highest BCUT2D eigenvalue weighted by Crippen LogP contribution is 2.31. The predicted molar refractivity (Wildman–Crippen MR) is 143 cm³/mol. The molecule has 0 aliphatic rings. The van der Waals surface area contributed by atoms with E-state index in [1.54, 1.807) is 6.07 Å². The van der Waals surface area contributed by atoms with Gasteiger partial charge in [-0.2, -0.15) is 0 Å². The summed E-state index contributed by atoms with van der Waals surface area (Å²) in [6, 6.07) is 11.1. The lowest BCUT2D eigenvalue weighted by molar-refractivity contribution is -0.149. The maximum absolute atomic E-state index is 13.8. The van der Waals surface area contributed by atoms with E-state index in [1.807, 2.05) is 65.0 Å². The van der Waals surface area contributed by atoms with Crippen molar-refractivity contribution in [3.8, 4) is 5.75 Å². The number of carbonyl (C=O) groups excluding carboxylic acids is 2. The standard InChI is InChI=1S/C30H39NO5/c1-8-31(9-2)14-15-34-30-20(5)16-23(17-21(30)6)29(33)28-24-12-10-11-13-25(24)36-26(28)18-27(32)35-22(7)19(3)4/h10-13,16-17,19,22H,8-9,14-15,18H2,1-7H3/t22-/m1/s1. The van der Waals surface area contributed by atoms with Crippen LogP contribution in [0.5, 0.6) is 5.75 Å². The number of aryl methyl sites for hydroxylation is 2. The molecule has 1 atom stereocenters. The molecule has 0 amide bonds. The summed E-state index contributed by atoms with van der Waals surface area (Å²) in [6.07, 6.45) is -0.322. The maximum Gasteiger partial charge on any atom is 0.313 e. The Morgan fingerprint density at radius 2 is 1.64 bits per heavy atom. The van der Waals surface area contributed by atoms with Crippen LogP contribution in [-0.2, 0) is 16.0 Å². The zero-order valence-corrected chi connectivity index (χ0v) is 22.6. The van der Waals surface area contributed by atoms with Gasteiger partial charge < -0.3 is 18.8 Å². The number of carbonyl (C=O) groups is 2. The van der Waals surface area contributed by atoms with Crippen LogP contribution in [0, 0.1) is 19.8 Å². The molecule has 6 nitrogen and oxygen atoms in total. The molecule has 3 aromatic rings. The molecule has 0 N–H and O–H groups in total. The quantitative estimate of drug-likeness (QED) is 0.223. The molecule has 0 spiro atoms. The number of para-hydroxylation sites is 1. The fourth-order valence-corrected chi connectivity index (χ4v) is 4.26. The summed E-state index contributed by atoms with van der Waals surface area (Å²) in [5.74, 6) is 0.748. The second-order valence-electron chi connectivity index (χ2n) is 9.66. The highest BCUT2D eigenvalue weighted by molar-refractivity contribution is 6.17. The van der Waals surface area contributed by atoms with Gasteiger partial charge in [-0.1, -0.05) is 45.9 Å². The van der Waals surface area contributed by atoms with Crippen LogP contribution >= 0.6 is 0 Å². The van der Waals surface area contributed by atoms with Crippen LogP contribution in [0.1, 0.15) is 67.4 Å². The first-order valence-corrected chi connectivity index (χ1v) is 12.9. The van der Waals surface area contributed by atoms with Crippen LogP contribution in [-0.4, -0.2) is 49.0 Å². The summed E-state index contributed by atoms with van der Waals surface area (Å²) in [7, 11) is 0. The first-order chi connectivity index (χ1) is 17.2. The Kier molecular flexibility index (Phi) is 9.32. The summed E-state index contributed by atoms with van der Waals surface area (Å²) in [5.41, 5.74) is 3.33. The maximum atomic E-state index is 13.8. The van der Waals surface area contributed by atoms with E-state index in [-0.39, 0.29) is 24.2 Å². The molecular weight excluding hydrogens is 454 g/mol. The molecule has 0 fully saturated rings. The molecule has 3 rings (SSSR count). The second-order valence-corrected chi connectivity index (χ2v) is 9.66. The summed E-state index contributed by atoms with van der Waals surface area (Å²) >= 11 is 0. The summed E-state index contributed by atoms with van der Waals surface area (Å²) in [6.45, 7) is 17.4. The van der Waals surface area contributed by atoms with Gasteiger partial charge in [0, 0.05) is 17.5 Å². The Morgan fingerprint density at radius 1 is 1.00 bits per heavy atom. The Balaban J connectivity index is 1.89. The lowest BCUT2D eigenvalue weighted by Crippen LogP contribution is -2.28. The monoisotopic (exact) mass is 493 g/mol. The zero-order valence-electron chi connectivity index (χ0n) is 22.6. The molecule has 0 radical (unpaired) electrons. The van der Waals surface area contributed by atoms with Crippen LogP contribution in [0.25, 0.3) is 11.0 Å². The Hall–Kier alpha value is -3.12. The first-order valence-electron chi connectivity index (χ1n) is 12.9. The average Bonchev–Trinajstić information content (AvgIpc) is 3.20. The van der Waals surface area contributed by atoms with E-state index >= 15 is 0 Å². The molecule has 0 saturated heterocycles. The largest absolute Gasteiger partial charge is 0.492 e. The van der Waals surface area contributed by atoms with Crippen molar-refractivity contribution in [2.45, 2.75) is 61.0 Å². The third kappa shape index (κ3) is 6.35. The van der Waals surface area contributed by atoms with Gasteiger partial charge in [-0.3, -0.25) is 9.59 Å². The average molecular weight is 494 g/mol.